The summed E-state index contributed by atoms with van der Waals surface area (Å²) < 4.78 is 0. The zero-order chi connectivity index (χ0) is 14.9. The number of carboxylic acid groups (broad SMARTS) is 1. The largest absolute Gasteiger partial charge is 0.480 e. The van der Waals surface area contributed by atoms with Gasteiger partial charge in [-0.3, -0.25) is 4.79 Å². The van der Waals surface area contributed by atoms with Crippen LogP contribution in [0.2, 0.25) is 0 Å². The standard InChI is InChI=1S/C15H17N3O3/c19-13(18-15(14(20)21)8-3-9-15)7-6-12-16-10-4-1-2-5-11(10)17-12/h1-2,4-5H,3,6-9H2,(H,16,17)(H,18,19)(H,20,21). The maximum Gasteiger partial charge on any atom is 0.329 e. The van der Waals surface area contributed by atoms with Crippen LogP contribution in [0, 0.1) is 0 Å². The van der Waals surface area contributed by atoms with Crippen molar-refractivity contribution in [2.75, 3.05) is 0 Å². The Labute approximate surface area is 121 Å². The second-order valence-electron chi connectivity index (χ2n) is 5.49. The molecular formula is C15H17N3O3. The minimum atomic E-state index is -1.04. The lowest BCUT2D eigenvalue weighted by atomic mass is 9.76. The molecule has 3 N–H and O–H groups in total. The number of H-pyrrole nitrogens is 1. The Morgan fingerprint density at radius 1 is 1.33 bits per heavy atom. The number of aliphatic carboxylic acids is 1. The number of aryl methyl sites for hydroxylation is 1. The molecule has 1 aliphatic rings. The van der Waals surface area contributed by atoms with Gasteiger partial charge in [-0.2, -0.15) is 0 Å². The summed E-state index contributed by atoms with van der Waals surface area (Å²) in [6.45, 7) is 0. The van der Waals surface area contributed by atoms with E-state index in [1.54, 1.807) is 0 Å². The monoisotopic (exact) mass is 287 g/mol. The Bertz CT molecular complexity index is 655. The van der Waals surface area contributed by atoms with E-state index < -0.39 is 11.5 Å². The van der Waals surface area contributed by atoms with Crippen molar-refractivity contribution in [1.29, 1.82) is 0 Å². The first kappa shape index (κ1) is 13.6. The van der Waals surface area contributed by atoms with Crippen molar-refractivity contribution in [2.45, 2.75) is 37.6 Å². The van der Waals surface area contributed by atoms with Gasteiger partial charge in [0.1, 0.15) is 11.4 Å². The van der Waals surface area contributed by atoms with Crippen LogP contribution in [0.5, 0.6) is 0 Å². The first-order valence-corrected chi connectivity index (χ1v) is 7.07. The number of imidazole rings is 1. The summed E-state index contributed by atoms with van der Waals surface area (Å²) in [7, 11) is 0. The van der Waals surface area contributed by atoms with Gasteiger partial charge in [-0.05, 0) is 31.4 Å². The van der Waals surface area contributed by atoms with E-state index in [2.05, 4.69) is 15.3 Å². The second-order valence-corrected chi connectivity index (χ2v) is 5.49. The Morgan fingerprint density at radius 2 is 2.10 bits per heavy atom. The number of hydrogen-bond donors (Lipinski definition) is 3. The first-order chi connectivity index (χ1) is 10.1. The number of carbonyl (C=O) groups excluding carboxylic acids is 1. The average molecular weight is 287 g/mol. The predicted octanol–water partition coefficient (Wildman–Crippen LogP) is 1.62. The van der Waals surface area contributed by atoms with Crippen molar-refractivity contribution >= 4 is 22.9 Å². The predicted molar refractivity (Wildman–Crippen MR) is 76.8 cm³/mol. The molecule has 3 rings (SSSR count). The molecule has 0 saturated heterocycles. The van der Waals surface area contributed by atoms with Crippen molar-refractivity contribution in [1.82, 2.24) is 15.3 Å². The van der Waals surface area contributed by atoms with E-state index in [4.69, 9.17) is 0 Å². The Hall–Kier alpha value is -2.37. The van der Waals surface area contributed by atoms with E-state index in [-0.39, 0.29) is 12.3 Å². The Kier molecular flexibility index (Phi) is 3.37. The number of hydrogen-bond acceptors (Lipinski definition) is 3. The van der Waals surface area contributed by atoms with Crippen LogP contribution in [0.4, 0.5) is 0 Å². The topological polar surface area (TPSA) is 95.1 Å². The van der Waals surface area contributed by atoms with Crippen LogP contribution in [0.25, 0.3) is 11.0 Å². The van der Waals surface area contributed by atoms with Crippen LogP contribution >= 0.6 is 0 Å². The van der Waals surface area contributed by atoms with Crippen molar-refractivity contribution in [3.05, 3.63) is 30.1 Å². The molecule has 21 heavy (non-hydrogen) atoms. The molecule has 6 heteroatoms. The summed E-state index contributed by atoms with van der Waals surface area (Å²) in [6.07, 6.45) is 2.57. The maximum atomic E-state index is 11.9. The molecule has 1 amide bonds. The van der Waals surface area contributed by atoms with Gasteiger partial charge in [0.05, 0.1) is 11.0 Å². The van der Waals surface area contributed by atoms with E-state index in [0.717, 1.165) is 23.3 Å². The number of para-hydroxylation sites is 2. The van der Waals surface area contributed by atoms with Gasteiger partial charge in [-0.1, -0.05) is 12.1 Å². The van der Waals surface area contributed by atoms with Crippen molar-refractivity contribution in [2.24, 2.45) is 0 Å². The summed E-state index contributed by atoms with van der Waals surface area (Å²) in [6, 6.07) is 7.67. The third-order valence-corrected chi connectivity index (χ3v) is 4.02. The zero-order valence-electron chi connectivity index (χ0n) is 11.6. The molecule has 0 unspecified atom stereocenters. The molecule has 1 aromatic carbocycles. The van der Waals surface area contributed by atoms with Crippen LogP contribution in [0.15, 0.2) is 24.3 Å². The number of nitrogens with zero attached hydrogens (tertiary/aromatic N) is 1. The molecule has 110 valence electrons. The lowest BCUT2D eigenvalue weighted by Gasteiger charge is -2.38. The lowest BCUT2D eigenvalue weighted by Crippen LogP contribution is -2.59. The number of fused-ring (bicyclic) bond motifs is 1. The minimum absolute atomic E-state index is 0.231. The highest BCUT2D eigenvalue weighted by atomic mass is 16.4. The molecule has 1 aromatic heterocycles. The van der Waals surface area contributed by atoms with E-state index in [0.29, 0.717) is 19.3 Å². The Morgan fingerprint density at radius 3 is 2.71 bits per heavy atom. The molecule has 1 saturated carbocycles. The van der Waals surface area contributed by atoms with Crippen LogP contribution < -0.4 is 5.32 Å². The number of benzene rings is 1. The number of amides is 1. The molecule has 1 heterocycles. The quantitative estimate of drug-likeness (QED) is 0.778. The average Bonchev–Trinajstić information content (AvgIpc) is 2.83. The molecule has 1 fully saturated rings. The SMILES string of the molecule is O=C(CCc1nc2ccccc2[nH]1)NC1(C(=O)O)CCC1. The van der Waals surface area contributed by atoms with E-state index in [9.17, 15) is 14.7 Å². The van der Waals surface area contributed by atoms with E-state index in [1.165, 1.54) is 0 Å². The highest BCUT2D eigenvalue weighted by molar-refractivity contribution is 5.88. The first-order valence-electron chi connectivity index (χ1n) is 7.07. The van der Waals surface area contributed by atoms with E-state index in [1.807, 2.05) is 24.3 Å². The van der Waals surface area contributed by atoms with Crippen LogP contribution in [0.3, 0.4) is 0 Å². The van der Waals surface area contributed by atoms with Gasteiger partial charge in [0.15, 0.2) is 0 Å². The second kappa shape index (κ2) is 5.20. The van der Waals surface area contributed by atoms with Gasteiger partial charge >= 0.3 is 5.97 Å². The summed E-state index contributed by atoms with van der Waals surface area (Å²) in [4.78, 5) is 30.7. The fourth-order valence-corrected chi connectivity index (χ4v) is 2.61. The fraction of sp³-hybridized carbons (Fsp3) is 0.400. The summed E-state index contributed by atoms with van der Waals surface area (Å²) in [5, 5.41) is 11.8. The molecule has 1 aliphatic carbocycles. The minimum Gasteiger partial charge on any atom is -0.480 e. The molecular weight excluding hydrogens is 270 g/mol. The number of carboxylic acids is 1. The summed E-state index contributed by atoms with van der Waals surface area (Å²) in [5.74, 6) is -0.437. The number of carbonyl (C=O) groups is 2. The van der Waals surface area contributed by atoms with Crippen LogP contribution in [-0.4, -0.2) is 32.5 Å². The Balaban J connectivity index is 1.59. The molecule has 0 aliphatic heterocycles. The third-order valence-electron chi connectivity index (χ3n) is 4.02. The smallest absolute Gasteiger partial charge is 0.329 e. The van der Waals surface area contributed by atoms with Gasteiger partial charge in [0.25, 0.3) is 0 Å². The van der Waals surface area contributed by atoms with Gasteiger partial charge in [0.2, 0.25) is 5.91 Å². The van der Waals surface area contributed by atoms with Crippen LogP contribution in [0.1, 0.15) is 31.5 Å². The van der Waals surface area contributed by atoms with Gasteiger partial charge in [0, 0.05) is 12.8 Å². The van der Waals surface area contributed by atoms with Crippen molar-refractivity contribution in [3.63, 3.8) is 0 Å². The van der Waals surface area contributed by atoms with Crippen molar-refractivity contribution < 1.29 is 14.7 Å². The highest BCUT2D eigenvalue weighted by Gasteiger charge is 2.45. The van der Waals surface area contributed by atoms with Gasteiger partial charge < -0.3 is 15.4 Å². The molecule has 6 nitrogen and oxygen atoms in total. The van der Waals surface area contributed by atoms with Gasteiger partial charge in [-0.15, -0.1) is 0 Å². The number of nitrogens with one attached hydrogen (secondary N) is 2. The normalized spacial score (nSPS) is 16.4. The molecule has 0 bridgehead atoms. The van der Waals surface area contributed by atoms with Gasteiger partial charge in [-0.25, -0.2) is 9.78 Å². The van der Waals surface area contributed by atoms with E-state index >= 15 is 0 Å². The molecule has 0 spiro atoms. The lowest BCUT2D eigenvalue weighted by molar-refractivity contribution is -0.151. The molecule has 0 radical (unpaired) electrons. The zero-order valence-corrected chi connectivity index (χ0v) is 11.6. The highest BCUT2D eigenvalue weighted by Crippen LogP contribution is 2.32. The third kappa shape index (κ3) is 2.61. The maximum absolute atomic E-state index is 11.9. The number of aromatic nitrogens is 2. The molecule has 0 atom stereocenters. The summed E-state index contributed by atoms with van der Waals surface area (Å²) in [5.41, 5.74) is 0.771. The summed E-state index contributed by atoms with van der Waals surface area (Å²) >= 11 is 0. The number of rotatable bonds is 5. The number of aromatic amines is 1. The van der Waals surface area contributed by atoms with Crippen molar-refractivity contribution in [3.8, 4) is 0 Å². The molecule has 2 aromatic rings. The van der Waals surface area contributed by atoms with Crippen LogP contribution in [-0.2, 0) is 16.0 Å². The fourth-order valence-electron chi connectivity index (χ4n) is 2.61.